The van der Waals surface area contributed by atoms with Crippen LogP contribution in [0.25, 0.3) is 0 Å². The molecule has 0 amide bonds. The second kappa shape index (κ2) is 4.03. The van der Waals surface area contributed by atoms with Crippen LogP contribution in [-0.2, 0) is 0 Å². The molecule has 2 heteroatoms. The quantitative estimate of drug-likeness (QED) is 0.628. The zero-order chi connectivity index (χ0) is 10.9. The van der Waals surface area contributed by atoms with E-state index in [2.05, 4.69) is 57.0 Å². The summed E-state index contributed by atoms with van der Waals surface area (Å²) in [5, 5.41) is 3.10. The second-order valence-electron chi connectivity index (χ2n) is 4.86. The molecule has 0 spiro atoms. The molecule has 14 heavy (non-hydrogen) atoms. The minimum absolute atomic E-state index is 0.393. The van der Waals surface area contributed by atoms with E-state index in [4.69, 9.17) is 0 Å². The van der Waals surface area contributed by atoms with Crippen molar-refractivity contribution in [2.75, 3.05) is 0 Å². The van der Waals surface area contributed by atoms with Crippen molar-refractivity contribution in [1.29, 1.82) is 0 Å². The van der Waals surface area contributed by atoms with E-state index < -0.39 is 0 Å². The fraction of sp³-hybridized carbons (Fsp3) is 0.500. The number of aryl methyl sites for hydroxylation is 2. The van der Waals surface area contributed by atoms with Gasteiger partial charge in [0, 0.05) is 0 Å². The molecule has 0 fully saturated rings. The molecule has 0 bridgehead atoms. The fourth-order valence-corrected chi connectivity index (χ4v) is 3.01. The lowest BCUT2D eigenvalue weighted by Gasteiger charge is -2.19. The Hall–Kier alpha value is -0.346. The average Bonchev–Trinajstić information content (AvgIpc) is 1.97. The predicted octanol–water partition coefficient (Wildman–Crippen LogP) is 1.65. The molecular weight excluding hydrogens is 200 g/mol. The molecule has 5 radical (unpaired) electrons. The van der Waals surface area contributed by atoms with Gasteiger partial charge in [-0.2, -0.15) is 0 Å². The molecule has 0 heterocycles. The summed E-state index contributed by atoms with van der Waals surface area (Å²) < 4.78 is 0. The van der Waals surface area contributed by atoms with Crippen LogP contribution in [0, 0.1) is 13.8 Å². The molecule has 1 rings (SSSR count). The molecule has 0 aliphatic rings. The van der Waals surface area contributed by atoms with Crippen LogP contribution in [0.5, 0.6) is 0 Å². The van der Waals surface area contributed by atoms with Gasteiger partial charge in [0.2, 0.25) is 0 Å². The molecule has 0 aliphatic carbocycles. The lowest BCUT2D eigenvalue weighted by atomic mass is 10.2. The van der Waals surface area contributed by atoms with E-state index in [1.165, 1.54) is 21.5 Å². The predicted molar refractivity (Wildman–Crippen MR) is 66.4 cm³/mol. The number of hydrogen-bond donors (Lipinski definition) is 0. The van der Waals surface area contributed by atoms with E-state index in [0.717, 1.165) is 9.52 Å². The fourth-order valence-electron chi connectivity index (χ4n) is 1.35. The highest BCUT2D eigenvalue weighted by atomic mass is 28.2. The molecule has 0 saturated carbocycles. The normalized spacial score (nSPS) is 11.9. The van der Waals surface area contributed by atoms with Crippen LogP contribution in [0.4, 0.5) is 0 Å². The highest BCUT2D eigenvalue weighted by molar-refractivity contribution is 6.57. The smallest absolute Gasteiger partial charge is 0.0643 e. The maximum Gasteiger partial charge on any atom is 0.0872 e. The van der Waals surface area contributed by atoms with E-state index in [9.17, 15) is 0 Å². The van der Waals surface area contributed by atoms with E-state index in [1.807, 2.05) is 0 Å². The van der Waals surface area contributed by atoms with Crippen molar-refractivity contribution in [3.8, 4) is 0 Å². The van der Waals surface area contributed by atoms with Crippen molar-refractivity contribution >= 4 is 30.1 Å². The molecule has 0 saturated heterocycles. The SMILES string of the molecule is Cc1cc([Si]C(C)(C)C)c(C)cc1[Si]. The van der Waals surface area contributed by atoms with Crippen LogP contribution in [0.3, 0.4) is 0 Å². The Morgan fingerprint density at radius 1 is 1.07 bits per heavy atom. The Labute approximate surface area is 93.4 Å². The third kappa shape index (κ3) is 3.10. The van der Waals surface area contributed by atoms with Crippen molar-refractivity contribution < 1.29 is 0 Å². The topological polar surface area (TPSA) is 0 Å². The van der Waals surface area contributed by atoms with Gasteiger partial charge in [-0.1, -0.05) is 54.4 Å². The summed E-state index contributed by atoms with van der Waals surface area (Å²) in [5.74, 6) is 0. The summed E-state index contributed by atoms with van der Waals surface area (Å²) in [5.41, 5.74) is 2.73. The Morgan fingerprint density at radius 3 is 2.14 bits per heavy atom. The van der Waals surface area contributed by atoms with Crippen LogP contribution < -0.4 is 10.4 Å². The molecule has 0 aliphatic heterocycles. The van der Waals surface area contributed by atoms with Gasteiger partial charge in [-0.25, -0.2) is 0 Å². The summed E-state index contributed by atoms with van der Waals surface area (Å²) in [6.07, 6.45) is 0. The molecule has 0 aromatic heterocycles. The number of hydrogen-bond acceptors (Lipinski definition) is 0. The van der Waals surface area contributed by atoms with Crippen molar-refractivity contribution in [2.45, 2.75) is 39.7 Å². The first kappa shape index (κ1) is 11.7. The monoisotopic (exact) mass is 217 g/mol. The largest absolute Gasteiger partial charge is 0.0872 e. The first-order valence-electron chi connectivity index (χ1n) is 4.90. The summed E-state index contributed by atoms with van der Waals surface area (Å²) >= 11 is 0. The third-order valence-corrected chi connectivity index (χ3v) is 4.18. The maximum atomic E-state index is 3.61. The second-order valence-corrected chi connectivity index (χ2v) is 7.68. The molecule has 1 aromatic carbocycles. The van der Waals surface area contributed by atoms with Gasteiger partial charge in [-0.3, -0.25) is 0 Å². The standard InChI is InChI=1S/C12H17Si2/c1-8-7-11(14-12(3,4)5)9(2)6-10(8)13/h6-7H,1-5H3. The lowest BCUT2D eigenvalue weighted by molar-refractivity contribution is 0.759. The molecule has 1 aromatic rings. The summed E-state index contributed by atoms with van der Waals surface area (Å²) in [7, 11) is 4.50. The van der Waals surface area contributed by atoms with Crippen molar-refractivity contribution in [1.82, 2.24) is 0 Å². The van der Waals surface area contributed by atoms with Crippen LogP contribution in [0.2, 0.25) is 5.04 Å². The van der Waals surface area contributed by atoms with Crippen molar-refractivity contribution in [3.63, 3.8) is 0 Å². The van der Waals surface area contributed by atoms with Crippen LogP contribution >= 0.6 is 0 Å². The van der Waals surface area contributed by atoms with Gasteiger partial charge in [0.25, 0.3) is 0 Å². The van der Waals surface area contributed by atoms with Gasteiger partial charge in [0.15, 0.2) is 0 Å². The van der Waals surface area contributed by atoms with Gasteiger partial charge in [0.05, 0.1) is 19.8 Å². The van der Waals surface area contributed by atoms with Crippen LogP contribution in [0.15, 0.2) is 12.1 Å². The Balaban J connectivity index is 3.04. The number of rotatable bonds is 1. The average molecular weight is 217 g/mol. The highest BCUT2D eigenvalue weighted by Gasteiger charge is 2.14. The Bertz CT molecular complexity index is 335. The minimum atomic E-state index is 0.393. The van der Waals surface area contributed by atoms with E-state index in [0.29, 0.717) is 5.04 Å². The molecular formula is C12H17Si2. The van der Waals surface area contributed by atoms with Crippen LogP contribution in [-0.4, -0.2) is 19.8 Å². The van der Waals surface area contributed by atoms with Gasteiger partial charge in [-0.15, -0.1) is 0 Å². The highest BCUT2D eigenvalue weighted by Crippen LogP contribution is 2.19. The zero-order valence-corrected chi connectivity index (χ0v) is 11.7. The third-order valence-electron chi connectivity index (χ3n) is 2.08. The van der Waals surface area contributed by atoms with E-state index in [-0.39, 0.29) is 0 Å². The molecule has 73 valence electrons. The molecule has 0 nitrogen and oxygen atoms in total. The van der Waals surface area contributed by atoms with Crippen molar-refractivity contribution in [3.05, 3.63) is 23.3 Å². The summed E-state index contributed by atoms with van der Waals surface area (Å²) in [6.45, 7) is 11.2. The first-order valence-corrected chi connectivity index (χ1v) is 6.40. The van der Waals surface area contributed by atoms with Gasteiger partial charge >= 0.3 is 0 Å². The molecule has 0 atom stereocenters. The van der Waals surface area contributed by atoms with E-state index in [1.54, 1.807) is 0 Å². The Kier molecular flexibility index (Phi) is 3.37. The summed E-state index contributed by atoms with van der Waals surface area (Å²) in [6, 6.07) is 4.53. The number of benzene rings is 1. The van der Waals surface area contributed by atoms with Gasteiger partial charge < -0.3 is 0 Å². The Morgan fingerprint density at radius 2 is 1.64 bits per heavy atom. The van der Waals surface area contributed by atoms with Gasteiger partial charge in [-0.05, 0) is 18.9 Å². The van der Waals surface area contributed by atoms with Crippen LogP contribution in [0.1, 0.15) is 31.9 Å². The minimum Gasteiger partial charge on any atom is -0.0643 e. The summed E-state index contributed by atoms with van der Waals surface area (Å²) in [4.78, 5) is 0. The van der Waals surface area contributed by atoms with Crippen molar-refractivity contribution in [2.24, 2.45) is 0 Å². The molecule has 0 unspecified atom stereocenters. The first-order chi connectivity index (χ1) is 6.29. The van der Waals surface area contributed by atoms with Gasteiger partial charge in [0.1, 0.15) is 0 Å². The molecule has 0 N–H and O–H groups in total. The maximum absolute atomic E-state index is 3.61. The van der Waals surface area contributed by atoms with E-state index >= 15 is 0 Å². The zero-order valence-electron chi connectivity index (χ0n) is 9.65. The lowest BCUT2D eigenvalue weighted by Crippen LogP contribution is -2.28.